The van der Waals surface area contributed by atoms with Gasteiger partial charge >= 0.3 is 0 Å². The molecule has 1 saturated carbocycles. The fraction of sp³-hybridized carbons (Fsp3) is 0.800. The van der Waals surface area contributed by atoms with Crippen LogP contribution in [0.5, 0.6) is 0 Å². The van der Waals surface area contributed by atoms with Crippen LogP contribution in [0.3, 0.4) is 0 Å². The molecule has 8 heteroatoms. The van der Waals surface area contributed by atoms with Gasteiger partial charge in [0.15, 0.2) is 6.29 Å². The SMILES string of the molecule is COCOCC1CCCCC1(N=[N+]=[N-])c1ccc(CCOC2CCCCO2)s1. The molecule has 7 nitrogen and oxygen atoms in total. The second-order valence-electron chi connectivity index (χ2n) is 7.52. The van der Waals surface area contributed by atoms with Gasteiger partial charge in [0.25, 0.3) is 0 Å². The average Bonchev–Trinajstić information content (AvgIpc) is 3.20. The maximum absolute atomic E-state index is 9.29. The molecule has 1 aromatic rings. The lowest BCUT2D eigenvalue weighted by molar-refractivity contribution is -0.161. The van der Waals surface area contributed by atoms with Crippen LogP contribution < -0.4 is 0 Å². The predicted molar refractivity (Wildman–Crippen MR) is 108 cm³/mol. The number of hydrogen-bond donors (Lipinski definition) is 0. The molecule has 2 heterocycles. The highest BCUT2D eigenvalue weighted by Crippen LogP contribution is 2.47. The first-order valence-electron chi connectivity index (χ1n) is 10.2. The van der Waals surface area contributed by atoms with Crippen LogP contribution in [0.1, 0.15) is 54.7 Å². The van der Waals surface area contributed by atoms with Crippen LogP contribution in [0.2, 0.25) is 0 Å². The minimum Gasteiger partial charge on any atom is -0.359 e. The molecular formula is C20H31N3O4S. The quantitative estimate of drug-likeness (QED) is 0.176. The summed E-state index contributed by atoms with van der Waals surface area (Å²) in [6.45, 7) is 2.26. The van der Waals surface area contributed by atoms with E-state index in [9.17, 15) is 5.53 Å². The molecule has 0 spiro atoms. The maximum atomic E-state index is 9.29. The molecule has 1 aliphatic carbocycles. The van der Waals surface area contributed by atoms with Crippen molar-refractivity contribution >= 4 is 11.3 Å². The molecule has 0 bridgehead atoms. The van der Waals surface area contributed by atoms with Crippen molar-refractivity contribution in [3.63, 3.8) is 0 Å². The minimum atomic E-state index is -0.517. The molecule has 156 valence electrons. The van der Waals surface area contributed by atoms with Crippen molar-refractivity contribution in [2.45, 2.75) is 63.2 Å². The third-order valence-electron chi connectivity index (χ3n) is 5.66. The fourth-order valence-corrected chi connectivity index (χ4v) is 5.41. The molecule has 3 unspecified atom stereocenters. The zero-order valence-corrected chi connectivity index (χ0v) is 17.5. The number of ether oxygens (including phenoxy) is 4. The molecule has 0 amide bonds. The van der Waals surface area contributed by atoms with Crippen LogP contribution in [0, 0.1) is 5.92 Å². The summed E-state index contributed by atoms with van der Waals surface area (Å²) in [6, 6.07) is 4.27. The van der Waals surface area contributed by atoms with Gasteiger partial charge in [-0.3, -0.25) is 0 Å². The Morgan fingerprint density at radius 2 is 2.18 bits per heavy atom. The second kappa shape index (κ2) is 11.1. The Hall–Kier alpha value is -1.15. The van der Waals surface area contributed by atoms with Crippen LogP contribution in [0.4, 0.5) is 0 Å². The van der Waals surface area contributed by atoms with E-state index in [1.54, 1.807) is 18.4 Å². The molecule has 1 aliphatic heterocycles. The molecule has 0 N–H and O–H groups in total. The first kappa shape index (κ1) is 21.6. The van der Waals surface area contributed by atoms with Gasteiger partial charge in [0, 0.05) is 34.8 Å². The minimum absolute atomic E-state index is 0.0524. The predicted octanol–water partition coefficient (Wildman–Crippen LogP) is 5.15. The first-order valence-corrected chi connectivity index (χ1v) is 11.1. The molecule has 3 rings (SSSR count). The summed E-state index contributed by atoms with van der Waals surface area (Å²) in [6.07, 6.45) is 8.15. The largest absolute Gasteiger partial charge is 0.359 e. The molecule has 0 radical (unpaired) electrons. The summed E-state index contributed by atoms with van der Waals surface area (Å²) in [5, 5.41) is 4.33. The van der Waals surface area contributed by atoms with Gasteiger partial charge in [-0.1, -0.05) is 18.0 Å². The first-order chi connectivity index (χ1) is 13.8. The van der Waals surface area contributed by atoms with Gasteiger partial charge < -0.3 is 18.9 Å². The van der Waals surface area contributed by atoms with Crippen LogP contribution >= 0.6 is 11.3 Å². The standard InChI is InChI=1S/C20H31N3O4S/c1-24-15-25-14-16-6-2-4-11-20(16,22-23-21)18-9-8-17(28-18)10-13-27-19-7-3-5-12-26-19/h8-9,16,19H,2-7,10-15H2,1H3. The van der Waals surface area contributed by atoms with Gasteiger partial charge in [0.05, 0.1) is 18.8 Å². The molecule has 0 aromatic carbocycles. The van der Waals surface area contributed by atoms with Crippen LogP contribution in [0.15, 0.2) is 17.2 Å². The summed E-state index contributed by atoms with van der Waals surface area (Å²) < 4.78 is 22.2. The number of rotatable bonds is 10. The monoisotopic (exact) mass is 409 g/mol. The van der Waals surface area contributed by atoms with Crippen molar-refractivity contribution in [3.05, 3.63) is 32.3 Å². The van der Waals surface area contributed by atoms with Crippen molar-refractivity contribution in [1.82, 2.24) is 0 Å². The Labute approximate surface area is 170 Å². The van der Waals surface area contributed by atoms with Crippen LogP contribution in [-0.2, 0) is 30.9 Å². The summed E-state index contributed by atoms with van der Waals surface area (Å²) >= 11 is 1.74. The zero-order valence-electron chi connectivity index (χ0n) is 16.7. The third-order valence-corrected chi connectivity index (χ3v) is 6.97. The molecule has 1 saturated heterocycles. The van der Waals surface area contributed by atoms with E-state index in [-0.39, 0.29) is 19.0 Å². The van der Waals surface area contributed by atoms with Crippen molar-refractivity contribution < 1.29 is 18.9 Å². The highest BCUT2D eigenvalue weighted by atomic mass is 32.1. The van der Waals surface area contributed by atoms with E-state index >= 15 is 0 Å². The van der Waals surface area contributed by atoms with Gasteiger partial charge in [-0.15, -0.1) is 11.3 Å². The van der Waals surface area contributed by atoms with Crippen molar-refractivity contribution in [2.75, 3.05) is 33.7 Å². The highest BCUT2D eigenvalue weighted by Gasteiger charge is 2.43. The molecular weight excluding hydrogens is 378 g/mol. The lowest BCUT2D eigenvalue weighted by Gasteiger charge is -2.40. The zero-order chi connectivity index (χ0) is 19.7. The molecule has 3 atom stereocenters. The van der Waals surface area contributed by atoms with E-state index in [4.69, 9.17) is 18.9 Å². The van der Waals surface area contributed by atoms with Gasteiger partial charge in [0.2, 0.25) is 0 Å². The van der Waals surface area contributed by atoms with Gasteiger partial charge in [-0.25, -0.2) is 0 Å². The Morgan fingerprint density at radius 1 is 1.29 bits per heavy atom. The molecule has 2 aliphatic rings. The number of methoxy groups -OCH3 is 1. The van der Waals surface area contributed by atoms with E-state index in [1.165, 1.54) is 11.3 Å². The number of azide groups is 1. The van der Waals surface area contributed by atoms with Crippen molar-refractivity contribution in [3.8, 4) is 0 Å². The number of hydrogen-bond acceptors (Lipinski definition) is 6. The Kier molecular flexibility index (Phi) is 8.58. The fourth-order valence-electron chi connectivity index (χ4n) is 4.19. The topological polar surface area (TPSA) is 85.7 Å². The average molecular weight is 410 g/mol. The van der Waals surface area contributed by atoms with E-state index in [0.717, 1.165) is 56.4 Å². The molecule has 1 aromatic heterocycles. The van der Waals surface area contributed by atoms with Gasteiger partial charge in [0.1, 0.15) is 6.79 Å². The Balaban J connectivity index is 1.64. The molecule has 2 fully saturated rings. The van der Waals surface area contributed by atoms with E-state index in [2.05, 4.69) is 22.2 Å². The summed E-state index contributed by atoms with van der Waals surface area (Å²) in [4.78, 5) is 5.61. The summed E-state index contributed by atoms with van der Waals surface area (Å²) in [5.74, 6) is 0.172. The van der Waals surface area contributed by atoms with E-state index < -0.39 is 5.54 Å². The van der Waals surface area contributed by atoms with Crippen LogP contribution in [0.25, 0.3) is 10.4 Å². The summed E-state index contributed by atoms with van der Waals surface area (Å²) in [7, 11) is 1.62. The van der Waals surface area contributed by atoms with E-state index in [1.807, 2.05) is 0 Å². The smallest absolute Gasteiger partial charge is 0.157 e. The van der Waals surface area contributed by atoms with E-state index in [0.29, 0.717) is 13.2 Å². The lowest BCUT2D eigenvalue weighted by atomic mass is 9.72. The third kappa shape index (κ3) is 5.47. The maximum Gasteiger partial charge on any atom is 0.157 e. The van der Waals surface area contributed by atoms with Crippen molar-refractivity contribution in [1.29, 1.82) is 0 Å². The Bertz CT molecular complexity index is 643. The number of thiophene rings is 1. The van der Waals surface area contributed by atoms with Gasteiger partial charge in [-0.2, -0.15) is 0 Å². The van der Waals surface area contributed by atoms with Crippen molar-refractivity contribution in [2.24, 2.45) is 11.0 Å². The van der Waals surface area contributed by atoms with Gasteiger partial charge in [-0.05, 0) is 55.7 Å². The number of nitrogens with zero attached hydrogens (tertiary/aromatic N) is 3. The normalized spacial score (nSPS) is 28.0. The summed E-state index contributed by atoms with van der Waals surface area (Å²) in [5.41, 5.74) is 8.77. The molecule has 28 heavy (non-hydrogen) atoms. The highest BCUT2D eigenvalue weighted by molar-refractivity contribution is 7.12. The lowest BCUT2D eigenvalue weighted by Crippen LogP contribution is -2.38. The van der Waals surface area contributed by atoms with Crippen LogP contribution in [-0.4, -0.2) is 40.0 Å². The second-order valence-corrected chi connectivity index (χ2v) is 8.68. The Morgan fingerprint density at radius 3 is 2.96 bits per heavy atom.